The SMILES string of the molecule is Clc1ccc(COc2ccc(C3=NCCS3)cc2Cl)cc1Cl. The minimum Gasteiger partial charge on any atom is -0.487 e. The van der Waals surface area contributed by atoms with E-state index in [4.69, 9.17) is 39.5 Å². The average molecular weight is 373 g/mol. The van der Waals surface area contributed by atoms with E-state index >= 15 is 0 Å². The first-order valence-corrected chi connectivity index (χ1v) is 8.79. The van der Waals surface area contributed by atoms with Crippen molar-refractivity contribution >= 4 is 51.6 Å². The van der Waals surface area contributed by atoms with Gasteiger partial charge in [0.1, 0.15) is 12.4 Å². The highest BCUT2D eigenvalue weighted by Gasteiger charge is 2.12. The fourth-order valence-corrected chi connectivity index (χ4v) is 3.46. The molecule has 0 spiro atoms. The third-order valence-electron chi connectivity index (χ3n) is 3.14. The first-order chi connectivity index (χ1) is 10.6. The van der Waals surface area contributed by atoms with E-state index < -0.39 is 0 Å². The Morgan fingerprint density at radius 2 is 1.86 bits per heavy atom. The van der Waals surface area contributed by atoms with Gasteiger partial charge < -0.3 is 4.74 Å². The van der Waals surface area contributed by atoms with E-state index in [2.05, 4.69) is 4.99 Å². The van der Waals surface area contributed by atoms with Crippen molar-refractivity contribution in [3.05, 3.63) is 62.6 Å². The van der Waals surface area contributed by atoms with Crippen LogP contribution < -0.4 is 4.74 Å². The minimum atomic E-state index is 0.381. The fraction of sp³-hybridized carbons (Fsp3) is 0.188. The molecule has 0 aromatic heterocycles. The molecule has 1 aliphatic heterocycles. The van der Waals surface area contributed by atoms with Crippen molar-refractivity contribution in [2.75, 3.05) is 12.3 Å². The summed E-state index contributed by atoms with van der Waals surface area (Å²) < 4.78 is 5.76. The normalized spacial score (nSPS) is 14.0. The van der Waals surface area contributed by atoms with Crippen molar-refractivity contribution < 1.29 is 4.74 Å². The Kier molecular flexibility index (Phi) is 5.19. The van der Waals surface area contributed by atoms with Gasteiger partial charge in [0.05, 0.1) is 20.1 Å². The number of halogens is 3. The van der Waals surface area contributed by atoms with E-state index in [9.17, 15) is 0 Å². The van der Waals surface area contributed by atoms with E-state index in [1.165, 1.54) is 0 Å². The molecule has 0 saturated heterocycles. The van der Waals surface area contributed by atoms with Gasteiger partial charge in [0.25, 0.3) is 0 Å². The Morgan fingerprint density at radius 1 is 1.00 bits per heavy atom. The number of hydrogen-bond donors (Lipinski definition) is 0. The van der Waals surface area contributed by atoms with Crippen molar-refractivity contribution in [3.8, 4) is 5.75 Å². The maximum absolute atomic E-state index is 6.29. The van der Waals surface area contributed by atoms with Gasteiger partial charge in [-0.15, -0.1) is 11.8 Å². The fourth-order valence-electron chi connectivity index (χ4n) is 2.05. The van der Waals surface area contributed by atoms with Crippen LogP contribution in [-0.2, 0) is 6.61 Å². The zero-order chi connectivity index (χ0) is 15.5. The van der Waals surface area contributed by atoms with Gasteiger partial charge in [0.2, 0.25) is 0 Å². The summed E-state index contributed by atoms with van der Waals surface area (Å²) in [7, 11) is 0. The van der Waals surface area contributed by atoms with E-state index in [1.54, 1.807) is 23.9 Å². The van der Waals surface area contributed by atoms with Gasteiger partial charge in [0.15, 0.2) is 0 Å². The zero-order valence-corrected chi connectivity index (χ0v) is 14.6. The molecule has 3 rings (SSSR count). The Hall–Kier alpha value is -0.870. The number of nitrogens with zero attached hydrogens (tertiary/aromatic N) is 1. The summed E-state index contributed by atoms with van der Waals surface area (Å²) in [6.45, 7) is 1.25. The van der Waals surface area contributed by atoms with Gasteiger partial charge in [-0.2, -0.15) is 0 Å². The molecule has 114 valence electrons. The number of aliphatic imine (C=N–C) groups is 1. The van der Waals surface area contributed by atoms with Crippen LogP contribution >= 0.6 is 46.6 Å². The Morgan fingerprint density at radius 3 is 2.55 bits per heavy atom. The van der Waals surface area contributed by atoms with Crippen LogP contribution in [0.3, 0.4) is 0 Å². The maximum atomic E-state index is 6.29. The van der Waals surface area contributed by atoms with Gasteiger partial charge in [-0.1, -0.05) is 40.9 Å². The van der Waals surface area contributed by atoms with Gasteiger partial charge in [-0.25, -0.2) is 0 Å². The van der Waals surface area contributed by atoms with Crippen LogP contribution in [0.2, 0.25) is 15.1 Å². The average Bonchev–Trinajstić information content (AvgIpc) is 3.04. The quantitative estimate of drug-likeness (QED) is 0.684. The minimum absolute atomic E-state index is 0.381. The number of ether oxygens (including phenoxy) is 1. The molecule has 0 saturated carbocycles. The van der Waals surface area contributed by atoms with E-state index in [0.717, 1.165) is 28.5 Å². The summed E-state index contributed by atoms with van der Waals surface area (Å²) in [6, 6.07) is 11.2. The van der Waals surface area contributed by atoms with E-state index in [0.29, 0.717) is 27.4 Å². The molecule has 0 amide bonds. The van der Waals surface area contributed by atoms with Crippen LogP contribution in [0.5, 0.6) is 5.75 Å². The highest BCUT2D eigenvalue weighted by atomic mass is 35.5. The van der Waals surface area contributed by atoms with Crippen LogP contribution in [0.25, 0.3) is 0 Å². The lowest BCUT2D eigenvalue weighted by Gasteiger charge is -2.10. The Bertz CT molecular complexity index is 733. The monoisotopic (exact) mass is 371 g/mol. The second-order valence-corrected chi connectivity index (χ2v) is 7.02. The number of hydrogen-bond acceptors (Lipinski definition) is 3. The summed E-state index contributed by atoms with van der Waals surface area (Å²) in [5, 5.41) is 2.66. The number of rotatable bonds is 4. The van der Waals surface area contributed by atoms with Gasteiger partial charge in [0, 0.05) is 17.9 Å². The van der Waals surface area contributed by atoms with Crippen molar-refractivity contribution in [3.63, 3.8) is 0 Å². The van der Waals surface area contributed by atoms with Gasteiger partial charge >= 0.3 is 0 Å². The molecular weight excluding hydrogens is 361 g/mol. The molecule has 2 aromatic carbocycles. The molecule has 0 radical (unpaired) electrons. The van der Waals surface area contributed by atoms with Gasteiger partial charge in [-0.05, 0) is 35.9 Å². The predicted octanol–water partition coefficient (Wildman–Crippen LogP) is 5.72. The third-order valence-corrected chi connectivity index (χ3v) is 5.20. The summed E-state index contributed by atoms with van der Waals surface area (Å²) in [4.78, 5) is 4.44. The van der Waals surface area contributed by atoms with Crippen LogP contribution in [0.4, 0.5) is 0 Å². The molecule has 2 aromatic rings. The smallest absolute Gasteiger partial charge is 0.138 e. The second kappa shape index (κ2) is 7.14. The van der Waals surface area contributed by atoms with E-state index in [1.807, 2.05) is 24.3 Å². The molecule has 0 aliphatic carbocycles. The highest BCUT2D eigenvalue weighted by Crippen LogP contribution is 2.30. The van der Waals surface area contributed by atoms with Crippen LogP contribution in [-0.4, -0.2) is 17.3 Å². The topological polar surface area (TPSA) is 21.6 Å². The molecule has 0 bridgehead atoms. The number of benzene rings is 2. The highest BCUT2D eigenvalue weighted by molar-refractivity contribution is 8.14. The Labute approximate surface area is 148 Å². The van der Waals surface area contributed by atoms with E-state index in [-0.39, 0.29) is 0 Å². The molecule has 1 heterocycles. The molecule has 6 heteroatoms. The lowest BCUT2D eigenvalue weighted by Crippen LogP contribution is -1.98. The molecule has 0 atom stereocenters. The standard InChI is InChI=1S/C16H12Cl3NOS/c17-12-3-1-10(7-13(12)18)9-21-15-4-2-11(8-14(15)19)16-20-5-6-22-16/h1-4,7-8H,5-6,9H2. The summed E-state index contributed by atoms with van der Waals surface area (Å²) in [5.41, 5.74) is 1.97. The van der Waals surface area contributed by atoms with Crippen LogP contribution in [0.15, 0.2) is 41.4 Å². The largest absolute Gasteiger partial charge is 0.487 e. The molecule has 0 N–H and O–H groups in total. The lowest BCUT2D eigenvalue weighted by molar-refractivity contribution is 0.306. The van der Waals surface area contributed by atoms with Crippen LogP contribution in [0, 0.1) is 0 Å². The summed E-state index contributed by atoms with van der Waals surface area (Å²) in [6.07, 6.45) is 0. The van der Waals surface area contributed by atoms with Gasteiger partial charge in [-0.3, -0.25) is 4.99 Å². The summed E-state index contributed by atoms with van der Waals surface area (Å²) in [5.74, 6) is 1.67. The molecular formula is C16H12Cl3NOS. The molecule has 1 aliphatic rings. The zero-order valence-electron chi connectivity index (χ0n) is 11.5. The first-order valence-electron chi connectivity index (χ1n) is 6.67. The summed E-state index contributed by atoms with van der Waals surface area (Å²) >= 11 is 19.9. The van der Waals surface area contributed by atoms with Crippen LogP contribution in [0.1, 0.15) is 11.1 Å². The first kappa shape index (κ1) is 16.0. The van der Waals surface area contributed by atoms with Crippen molar-refractivity contribution in [1.29, 1.82) is 0 Å². The van der Waals surface area contributed by atoms with Crippen molar-refractivity contribution in [2.24, 2.45) is 4.99 Å². The molecule has 0 fully saturated rings. The molecule has 22 heavy (non-hydrogen) atoms. The lowest BCUT2D eigenvalue weighted by atomic mass is 10.2. The van der Waals surface area contributed by atoms with Crippen molar-refractivity contribution in [1.82, 2.24) is 0 Å². The third kappa shape index (κ3) is 3.72. The van der Waals surface area contributed by atoms with Crippen molar-refractivity contribution in [2.45, 2.75) is 6.61 Å². The molecule has 2 nitrogen and oxygen atoms in total. The second-order valence-electron chi connectivity index (χ2n) is 4.72. The maximum Gasteiger partial charge on any atom is 0.138 e. The predicted molar refractivity (Wildman–Crippen MR) is 96.1 cm³/mol. The number of thioether (sulfide) groups is 1. The molecule has 0 unspecified atom stereocenters. The Balaban J connectivity index is 1.71.